The van der Waals surface area contributed by atoms with E-state index in [4.69, 9.17) is 5.73 Å². The van der Waals surface area contributed by atoms with Crippen LogP contribution < -0.4 is 16.6 Å². The molecular formula is C18H15N7O2. The van der Waals surface area contributed by atoms with Crippen LogP contribution in [0.3, 0.4) is 0 Å². The smallest absolute Gasteiger partial charge is 0.292 e. The number of nitrogen functional groups attached to an aromatic ring is 1. The summed E-state index contributed by atoms with van der Waals surface area (Å²) in [4.78, 5) is 35.9. The first-order valence-electron chi connectivity index (χ1n) is 8.08. The monoisotopic (exact) mass is 361 g/mol. The van der Waals surface area contributed by atoms with Gasteiger partial charge in [-0.3, -0.25) is 9.59 Å². The van der Waals surface area contributed by atoms with Crippen LogP contribution in [0.4, 0.5) is 11.6 Å². The lowest BCUT2D eigenvalue weighted by Gasteiger charge is -2.10. The SMILES string of the molecule is Cc1nc2c(=O)n(C)ncc2cc1-c1cc2cc(NC=O)ncc2c(N)n1. The minimum absolute atomic E-state index is 0.260. The average Bonchev–Trinajstić information content (AvgIpc) is 2.65. The zero-order chi connectivity index (χ0) is 19.1. The Balaban J connectivity index is 1.95. The molecule has 9 heteroatoms. The third kappa shape index (κ3) is 2.74. The van der Waals surface area contributed by atoms with E-state index in [1.165, 1.54) is 4.68 Å². The highest BCUT2D eigenvalue weighted by molar-refractivity contribution is 5.96. The molecule has 0 saturated heterocycles. The summed E-state index contributed by atoms with van der Waals surface area (Å²) in [6.45, 7) is 1.81. The fourth-order valence-electron chi connectivity index (χ4n) is 2.96. The van der Waals surface area contributed by atoms with E-state index in [0.717, 1.165) is 10.9 Å². The van der Waals surface area contributed by atoms with Crippen LogP contribution in [0, 0.1) is 6.92 Å². The molecule has 0 radical (unpaired) electrons. The molecule has 4 aromatic rings. The Kier molecular flexibility index (Phi) is 3.76. The van der Waals surface area contributed by atoms with Gasteiger partial charge in [0.2, 0.25) is 6.41 Å². The first-order valence-corrected chi connectivity index (χ1v) is 8.08. The predicted molar refractivity (Wildman–Crippen MR) is 102 cm³/mol. The van der Waals surface area contributed by atoms with Crippen molar-refractivity contribution in [3.05, 3.63) is 46.6 Å². The molecule has 3 N–H and O–H groups in total. The molecule has 0 spiro atoms. The number of nitrogens with zero attached hydrogens (tertiary/aromatic N) is 5. The summed E-state index contributed by atoms with van der Waals surface area (Å²) in [7, 11) is 1.58. The minimum atomic E-state index is -0.260. The van der Waals surface area contributed by atoms with E-state index in [2.05, 4.69) is 25.4 Å². The van der Waals surface area contributed by atoms with Gasteiger partial charge in [0, 0.05) is 35.3 Å². The molecule has 0 aliphatic carbocycles. The largest absolute Gasteiger partial charge is 0.383 e. The molecule has 0 aliphatic heterocycles. The molecule has 1 amide bonds. The summed E-state index contributed by atoms with van der Waals surface area (Å²) in [5.74, 6) is 0.726. The Hall–Kier alpha value is -3.88. The van der Waals surface area contributed by atoms with Gasteiger partial charge in [0.1, 0.15) is 17.2 Å². The van der Waals surface area contributed by atoms with Gasteiger partial charge in [0.15, 0.2) is 0 Å². The second-order valence-electron chi connectivity index (χ2n) is 6.08. The summed E-state index contributed by atoms with van der Waals surface area (Å²) in [6.07, 6.45) is 3.71. The highest BCUT2D eigenvalue weighted by atomic mass is 16.1. The fraction of sp³-hybridized carbons (Fsp3) is 0.111. The van der Waals surface area contributed by atoms with Crippen molar-refractivity contribution in [2.75, 3.05) is 11.1 Å². The molecule has 0 unspecified atom stereocenters. The molecule has 4 heterocycles. The van der Waals surface area contributed by atoms with Crippen LogP contribution in [0.5, 0.6) is 0 Å². The number of carbonyl (C=O) groups excluding carboxylic acids is 1. The number of carbonyl (C=O) groups is 1. The van der Waals surface area contributed by atoms with Gasteiger partial charge >= 0.3 is 0 Å². The van der Waals surface area contributed by atoms with E-state index in [1.807, 2.05) is 19.1 Å². The minimum Gasteiger partial charge on any atom is -0.383 e. The zero-order valence-electron chi connectivity index (χ0n) is 14.6. The second-order valence-corrected chi connectivity index (χ2v) is 6.08. The molecule has 27 heavy (non-hydrogen) atoms. The zero-order valence-corrected chi connectivity index (χ0v) is 14.6. The van der Waals surface area contributed by atoms with E-state index in [0.29, 0.717) is 45.7 Å². The van der Waals surface area contributed by atoms with E-state index >= 15 is 0 Å². The maximum Gasteiger partial charge on any atom is 0.292 e. The number of pyridine rings is 3. The Morgan fingerprint density at radius 3 is 2.74 bits per heavy atom. The normalized spacial score (nSPS) is 11.0. The van der Waals surface area contributed by atoms with Crippen molar-refractivity contribution in [3.8, 4) is 11.3 Å². The Morgan fingerprint density at radius 1 is 1.15 bits per heavy atom. The van der Waals surface area contributed by atoms with Crippen LogP contribution in [0.1, 0.15) is 5.69 Å². The molecule has 134 valence electrons. The molecule has 0 atom stereocenters. The first-order chi connectivity index (χ1) is 13.0. The van der Waals surface area contributed by atoms with Crippen molar-refractivity contribution in [3.63, 3.8) is 0 Å². The number of hydrogen-bond acceptors (Lipinski definition) is 7. The van der Waals surface area contributed by atoms with Gasteiger partial charge in [-0.1, -0.05) is 0 Å². The van der Waals surface area contributed by atoms with Crippen molar-refractivity contribution >= 4 is 39.7 Å². The highest BCUT2D eigenvalue weighted by Crippen LogP contribution is 2.29. The molecule has 0 saturated carbocycles. The number of fused-ring (bicyclic) bond motifs is 2. The Bertz CT molecular complexity index is 1280. The van der Waals surface area contributed by atoms with Crippen LogP contribution in [0.15, 0.2) is 35.4 Å². The van der Waals surface area contributed by atoms with Gasteiger partial charge in [0.25, 0.3) is 5.56 Å². The van der Waals surface area contributed by atoms with Crippen molar-refractivity contribution in [1.82, 2.24) is 24.7 Å². The second kappa shape index (κ2) is 6.13. The van der Waals surface area contributed by atoms with E-state index in [-0.39, 0.29) is 5.56 Å². The van der Waals surface area contributed by atoms with Crippen molar-refractivity contribution in [2.45, 2.75) is 6.92 Å². The van der Waals surface area contributed by atoms with Gasteiger partial charge in [-0.05, 0) is 30.5 Å². The molecule has 0 bridgehead atoms. The van der Waals surface area contributed by atoms with E-state index in [9.17, 15) is 9.59 Å². The Morgan fingerprint density at radius 2 is 1.96 bits per heavy atom. The van der Waals surface area contributed by atoms with Gasteiger partial charge in [0.05, 0.1) is 11.9 Å². The van der Waals surface area contributed by atoms with Crippen molar-refractivity contribution in [2.24, 2.45) is 7.05 Å². The maximum absolute atomic E-state index is 12.2. The van der Waals surface area contributed by atoms with Crippen molar-refractivity contribution < 1.29 is 4.79 Å². The third-order valence-electron chi connectivity index (χ3n) is 4.34. The first kappa shape index (κ1) is 16.6. The van der Waals surface area contributed by atoms with Gasteiger partial charge in [-0.15, -0.1) is 0 Å². The molecular weight excluding hydrogens is 346 g/mol. The quantitative estimate of drug-likeness (QED) is 0.528. The fourth-order valence-corrected chi connectivity index (χ4v) is 2.96. The molecule has 4 aromatic heterocycles. The highest BCUT2D eigenvalue weighted by Gasteiger charge is 2.13. The van der Waals surface area contributed by atoms with Crippen LogP contribution in [0.2, 0.25) is 0 Å². The van der Waals surface area contributed by atoms with Crippen LogP contribution >= 0.6 is 0 Å². The lowest BCUT2D eigenvalue weighted by Crippen LogP contribution is -2.20. The number of nitrogens with two attached hydrogens (primary N) is 1. The average molecular weight is 361 g/mol. The number of anilines is 2. The third-order valence-corrected chi connectivity index (χ3v) is 4.34. The van der Waals surface area contributed by atoms with E-state index in [1.54, 1.807) is 25.5 Å². The number of aromatic nitrogens is 5. The summed E-state index contributed by atoms with van der Waals surface area (Å²) in [5, 5.41) is 8.63. The maximum atomic E-state index is 12.2. The van der Waals surface area contributed by atoms with Crippen LogP contribution in [-0.2, 0) is 11.8 Å². The van der Waals surface area contributed by atoms with Gasteiger partial charge in [-0.2, -0.15) is 5.10 Å². The van der Waals surface area contributed by atoms with Gasteiger partial charge in [-0.25, -0.2) is 19.6 Å². The number of hydrogen-bond donors (Lipinski definition) is 2. The Labute approximate surface area is 152 Å². The standard InChI is InChI=1S/C18H15N7O2/c1-9-12(3-11-6-22-25(2)18(27)16(11)23-9)14-4-10-5-15(21-8-26)20-7-13(10)17(19)24-14/h3-8H,1-2H3,(H2,19,24)(H,20,21,26). The molecule has 0 aromatic carbocycles. The summed E-state index contributed by atoms with van der Waals surface area (Å²) in [5.41, 5.74) is 8.19. The molecule has 4 rings (SSSR count). The van der Waals surface area contributed by atoms with Crippen LogP contribution in [-0.4, -0.2) is 31.1 Å². The number of nitrogens with one attached hydrogen (secondary N) is 1. The molecule has 0 fully saturated rings. The summed E-state index contributed by atoms with van der Waals surface area (Å²) in [6, 6.07) is 5.38. The molecule has 0 aliphatic rings. The van der Waals surface area contributed by atoms with E-state index < -0.39 is 0 Å². The predicted octanol–water partition coefficient (Wildman–Crippen LogP) is 1.40. The summed E-state index contributed by atoms with van der Waals surface area (Å²) < 4.78 is 1.25. The number of aryl methyl sites for hydroxylation is 2. The topological polar surface area (TPSA) is 129 Å². The summed E-state index contributed by atoms with van der Waals surface area (Å²) >= 11 is 0. The van der Waals surface area contributed by atoms with Crippen molar-refractivity contribution in [1.29, 1.82) is 0 Å². The van der Waals surface area contributed by atoms with Crippen LogP contribution in [0.25, 0.3) is 32.9 Å². The lowest BCUT2D eigenvalue weighted by atomic mass is 10.1. The number of rotatable bonds is 3. The number of amides is 1. The lowest BCUT2D eigenvalue weighted by molar-refractivity contribution is -0.105. The van der Waals surface area contributed by atoms with Gasteiger partial charge < -0.3 is 11.1 Å². The molecule has 9 nitrogen and oxygen atoms in total.